The summed E-state index contributed by atoms with van der Waals surface area (Å²) in [6.45, 7) is 3.60. The van der Waals surface area contributed by atoms with Crippen LogP contribution in [0.25, 0.3) is 5.76 Å². The van der Waals surface area contributed by atoms with E-state index in [2.05, 4.69) is 4.98 Å². The lowest BCUT2D eigenvalue weighted by Gasteiger charge is -2.25. The van der Waals surface area contributed by atoms with Crippen molar-refractivity contribution in [2.24, 2.45) is 0 Å². The zero-order valence-electron chi connectivity index (χ0n) is 19.8. The Morgan fingerprint density at radius 3 is 2.58 bits per heavy atom. The summed E-state index contributed by atoms with van der Waals surface area (Å²) in [5.41, 5.74) is 1.84. The van der Waals surface area contributed by atoms with Crippen LogP contribution in [-0.4, -0.2) is 46.5 Å². The van der Waals surface area contributed by atoms with Crippen LogP contribution in [0, 0.1) is 0 Å². The topological polar surface area (TPSA) is 98.2 Å². The summed E-state index contributed by atoms with van der Waals surface area (Å²) in [6, 6.07) is 15.0. The first kappa shape index (κ1) is 23.4. The van der Waals surface area contributed by atoms with Gasteiger partial charge in [0.2, 0.25) is 0 Å². The number of ether oxygens (including phenoxy) is 3. The predicted octanol–water partition coefficient (Wildman–Crippen LogP) is 4.26. The Balaban J connectivity index is 1.59. The SMILES string of the molecule is CCCOc1ccc([C@H]2C(=C(O)c3ccc4c(c3)OCCO4)C(=O)C(=O)N2Cc2cccnc2)cc1. The fourth-order valence-corrected chi connectivity index (χ4v) is 4.39. The molecule has 5 rings (SSSR count). The smallest absolute Gasteiger partial charge is 0.295 e. The highest BCUT2D eigenvalue weighted by Gasteiger charge is 2.46. The lowest BCUT2D eigenvalue weighted by molar-refractivity contribution is -0.140. The van der Waals surface area contributed by atoms with E-state index in [9.17, 15) is 14.7 Å². The largest absolute Gasteiger partial charge is 0.507 e. The van der Waals surface area contributed by atoms with Crippen LogP contribution in [0.2, 0.25) is 0 Å². The second kappa shape index (κ2) is 10.1. The predicted molar refractivity (Wildman–Crippen MR) is 132 cm³/mol. The van der Waals surface area contributed by atoms with E-state index < -0.39 is 17.7 Å². The van der Waals surface area contributed by atoms with Crippen molar-refractivity contribution >= 4 is 17.4 Å². The number of benzene rings is 2. The number of aromatic nitrogens is 1. The number of fused-ring (bicyclic) bond motifs is 1. The molecule has 2 aliphatic rings. The molecule has 0 spiro atoms. The van der Waals surface area contributed by atoms with E-state index in [4.69, 9.17) is 14.2 Å². The fraction of sp³-hybridized carbons (Fsp3) is 0.250. The Kier molecular flexibility index (Phi) is 6.58. The van der Waals surface area contributed by atoms with Gasteiger partial charge in [0, 0.05) is 24.5 Å². The van der Waals surface area contributed by atoms with Gasteiger partial charge in [-0.25, -0.2) is 0 Å². The molecule has 1 saturated heterocycles. The molecule has 0 radical (unpaired) electrons. The first-order chi connectivity index (χ1) is 17.6. The van der Waals surface area contributed by atoms with Crippen molar-refractivity contribution in [1.29, 1.82) is 0 Å². The van der Waals surface area contributed by atoms with Crippen LogP contribution < -0.4 is 14.2 Å². The number of amides is 1. The number of ketones is 1. The second-order valence-corrected chi connectivity index (χ2v) is 8.56. The van der Waals surface area contributed by atoms with Crippen LogP contribution >= 0.6 is 0 Å². The molecule has 0 bridgehead atoms. The summed E-state index contributed by atoms with van der Waals surface area (Å²) in [4.78, 5) is 32.1. The number of aliphatic hydroxyl groups is 1. The summed E-state index contributed by atoms with van der Waals surface area (Å²) in [7, 11) is 0. The van der Waals surface area contributed by atoms with E-state index in [1.165, 1.54) is 4.90 Å². The lowest BCUT2D eigenvalue weighted by atomic mass is 9.95. The lowest BCUT2D eigenvalue weighted by Crippen LogP contribution is -2.29. The van der Waals surface area contributed by atoms with Gasteiger partial charge in [0.15, 0.2) is 11.5 Å². The van der Waals surface area contributed by atoms with Gasteiger partial charge in [-0.1, -0.05) is 25.1 Å². The Morgan fingerprint density at radius 1 is 1.08 bits per heavy atom. The molecule has 8 heteroatoms. The second-order valence-electron chi connectivity index (χ2n) is 8.56. The van der Waals surface area contributed by atoms with Gasteiger partial charge in [0.05, 0.1) is 18.2 Å². The standard InChI is InChI=1S/C28H26N2O6/c1-2-12-34-21-8-5-19(6-9-21)25-24(26(31)20-7-10-22-23(15-20)36-14-13-35-22)27(32)28(33)30(25)17-18-4-3-11-29-16-18/h3-11,15-16,25,31H,2,12-14,17H2,1H3/t25-/m0/s1. The number of hydrogen-bond donors (Lipinski definition) is 1. The summed E-state index contributed by atoms with van der Waals surface area (Å²) < 4.78 is 16.9. The third kappa shape index (κ3) is 4.49. The minimum Gasteiger partial charge on any atom is -0.507 e. The van der Waals surface area contributed by atoms with Crippen molar-refractivity contribution in [1.82, 2.24) is 9.88 Å². The number of pyridine rings is 1. The van der Waals surface area contributed by atoms with Crippen LogP contribution in [0.4, 0.5) is 0 Å². The van der Waals surface area contributed by atoms with Gasteiger partial charge in [-0.15, -0.1) is 0 Å². The Bertz CT molecular complexity index is 1300. The van der Waals surface area contributed by atoms with Gasteiger partial charge in [-0.2, -0.15) is 0 Å². The molecule has 0 saturated carbocycles. The molecule has 3 aromatic rings. The van der Waals surface area contributed by atoms with Gasteiger partial charge in [0.25, 0.3) is 11.7 Å². The van der Waals surface area contributed by atoms with E-state index >= 15 is 0 Å². The van der Waals surface area contributed by atoms with Gasteiger partial charge >= 0.3 is 0 Å². The highest BCUT2D eigenvalue weighted by atomic mass is 16.6. The third-order valence-corrected chi connectivity index (χ3v) is 6.10. The van der Waals surface area contributed by atoms with Crippen LogP contribution in [0.5, 0.6) is 17.2 Å². The van der Waals surface area contributed by atoms with Crippen molar-refractivity contribution in [3.63, 3.8) is 0 Å². The van der Waals surface area contributed by atoms with Crippen LogP contribution in [0.1, 0.15) is 36.1 Å². The highest BCUT2D eigenvalue weighted by molar-refractivity contribution is 6.46. The molecule has 1 fully saturated rings. The number of nitrogens with zero attached hydrogens (tertiary/aromatic N) is 2. The summed E-state index contributed by atoms with van der Waals surface area (Å²) >= 11 is 0. The number of carbonyl (C=O) groups excluding carboxylic acids is 2. The monoisotopic (exact) mass is 486 g/mol. The zero-order valence-corrected chi connectivity index (χ0v) is 19.8. The molecule has 0 unspecified atom stereocenters. The molecule has 3 heterocycles. The van der Waals surface area contributed by atoms with E-state index in [1.807, 2.05) is 25.1 Å². The molecule has 8 nitrogen and oxygen atoms in total. The van der Waals surface area contributed by atoms with Gasteiger partial charge < -0.3 is 24.2 Å². The Labute approximate surface area is 208 Å². The van der Waals surface area contributed by atoms with E-state index in [1.54, 1.807) is 48.8 Å². The maximum Gasteiger partial charge on any atom is 0.295 e. The number of hydrogen-bond acceptors (Lipinski definition) is 7. The van der Waals surface area contributed by atoms with E-state index in [0.29, 0.717) is 48.2 Å². The van der Waals surface area contributed by atoms with E-state index in [-0.39, 0.29) is 17.9 Å². The van der Waals surface area contributed by atoms with Crippen LogP contribution in [0.15, 0.2) is 72.6 Å². The number of Topliss-reactive ketones (excluding diaryl/α,β-unsaturated/α-hetero) is 1. The molecule has 1 N–H and O–H groups in total. The minimum atomic E-state index is -0.793. The average Bonchev–Trinajstić information content (AvgIpc) is 3.17. The first-order valence-corrected chi connectivity index (χ1v) is 11.9. The summed E-state index contributed by atoms with van der Waals surface area (Å²) in [6.07, 6.45) is 4.17. The van der Waals surface area contributed by atoms with E-state index in [0.717, 1.165) is 12.0 Å². The molecule has 1 amide bonds. The molecule has 1 atom stereocenters. The van der Waals surface area contributed by atoms with Gasteiger partial charge in [0.1, 0.15) is 24.7 Å². The van der Waals surface area contributed by atoms with Gasteiger partial charge in [-0.05, 0) is 53.9 Å². The molecule has 184 valence electrons. The zero-order chi connectivity index (χ0) is 25.1. The molecular weight excluding hydrogens is 460 g/mol. The average molecular weight is 487 g/mol. The molecule has 2 aliphatic heterocycles. The van der Waals surface area contributed by atoms with Crippen molar-refractivity contribution in [3.05, 3.63) is 89.3 Å². The Morgan fingerprint density at radius 2 is 1.86 bits per heavy atom. The Hall–Kier alpha value is -4.33. The third-order valence-electron chi connectivity index (χ3n) is 6.10. The first-order valence-electron chi connectivity index (χ1n) is 11.9. The number of likely N-dealkylation sites (tertiary alicyclic amines) is 1. The molecular formula is C28H26N2O6. The minimum absolute atomic E-state index is 0.0165. The highest BCUT2D eigenvalue weighted by Crippen LogP contribution is 2.42. The van der Waals surface area contributed by atoms with Crippen LogP contribution in [-0.2, 0) is 16.1 Å². The van der Waals surface area contributed by atoms with Crippen LogP contribution in [0.3, 0.4) is 0 Å². The molecule has 2 aromatic carbocycles. The maximum absolute atomic E-state index is 13.3. The maximum atomic E-state index is 13.3. The summed E-state index contributed by atoms with van der Waals surface area (Å²) in [5.74, 6) is 0.0294. The number of aliphatic hydroxyl groups excluding tert-OH is 1. The van der Waals surface area contributed by atoms with Crippen molar-refractivity contribution in [2.45, 2.75) is 25.9 Å². The van der Waals surface area contributed by atoms with Crippen molar-refractivity contribution in [3.8, 4) is 17.2 Å². The van der Waals surface area contributed by atoms with Crippen molar-refractivity contribution in [2.75, 3.05) is 19.8 Å². The van der Waals surface area contributed by atoms with Crippen molar-refractivity contribution < 1.29 is 28.9 Å². The van der Waals surface area contributed by atoms with Gasteiger partial charge in [-0.3, -0.25) is 14.6 Å². The molecule has 0 aliphatic carbocycles. The number of carbonyl (C=O) groups is 2. The molecule has 36 heavy (non-hydrogen) atoms. The quantitative estimate of drug-likeness (QED) is 0.303. The summed E-state index contributed by atoms with van der Waals surface area (Å²) in [5, 5.41) is 11.3. The molecule has 1 aromatic heterocycles. The number of rotatable bonds is 7. The normalized spacial score (nSPS) is 18.4. The fourth-order valence-electron chi connectivity index (χ4n) is 4.39.